The molecule has 0 unspecified atom stereocenters. The van der Waals surface area contributed by atoms with E-state index in [1.165, 1.54) is 0 Å². The van der Waals surface area contributed by atoms with Gasteiger partial charge in [0.05, 0.1) is 7.11 Å². The molecular formula is C18H16N4O2. The Morgan fingerprint density at radius 3 is 2.58 bits per heavy atom. The van der Waals surface area contributed by atoms with E-state index < -0.39 is 0 Å². The van der Waals surface area contributed by atoms with E-state index in [1.807, 2.05) is 36.4 Å². The quantitative estimate of drug-likeness (QED) is 0.752. The predicted molar refractivity (Wildman–Crippen MR) is 92.7 cm³/mol. The average Bonchev–Trinajstić information content (AvgIpc) is 2.63. The molecule has 0 fully saturated rings. The second-order valence-electron chi connectivity index (χ2n) is 4.94. The maximum Gasteiger partial charge on any atom is 0.274 e. The van der Waals surface area contributed by atoms with Crippen LogP contribution in [0.1, 0.15) is 10.5 Å². The molecule has 120 valence electrons. The van der Waals surface area contributed by atoms with Gasteiger partial charge >= 0.3 is 0 Å². The van der Waals surface area contributed by atoms with E-state index in [0.29, 0.717) is 17.4 Å². The van der Waals surface area contributed by atoms with Crippen LogP contribution >= 0.6 is 0 Å². The number of para-hydroxylation sites is 1. The summed E-state index contributed by atoms with van der Waals surface area (Å²) < 4.78 is 5.14. The molecule has 0 spiro atoms. The first-order chi connectivity index (χ1) is 11.7. The van der Waals surface area contributed by atoms with Crippen molar-refractivity contribution in [3.05, 3.63) is 72.6 Å². The Morgan fingerprint density at radius 2 is 1.79 bits per heavy atom. The van der Waals surface area contributed by atoms with Crippen molar-refractivity contribution >= 4 is 23.2 Å². The van der Waals surface area contributed by atoms with Crippen LogP contribution in [0.15, 0.2) is 66.9 Å². The standard InChI is InChI=1S/C18H16N4O2/c1-24-15-9-5-8-14(12-15)20-17(23)16-10-11-19-18(22-16)21-13-6-3-2-4-7-13/h2-12H,1H3,(H,20,23)(H,19,21,22). The van der Waals surface area contributed by atoms with Crippen LogP contribution in [0.3, 0.4) is 0 Å². The highest BCUT2D eigenvalue weighted by Gasteiger charge is 2.10. The second kappa shape index (κ2) is 7.23. The minimum atomic E-state index is -0.318. The molecule has 0 saturated carbocycles. The van der Waals surface area contributed by atoms with E-state index in [1.54, 1.807) is 37.6 Å². The first-order valence-corrected chi connectivity index (χ1v) is 7.35. The molecule has 2 N–H and O–H groups in total. The number of benzene rings is 2. The number of methoxy groups -OCH3 is 1. The zero-order chi connectivity index (χ0) is 16.8. The third kappa shape index (κ3) is 3.86. The molecule has 0 radical (unpaired) electrons. The van der Waals surface area contributed by atoms with Crippen molar-refractivity contribution in [3.8, 4) is 5.75 Å². The smallest absolute Gasteiger partial charge is 0.274 e. The number of hydrogen-bond donors (Lipinski definition) is 2. The highest BCUT2D eigenvalue weighted by Crippen LogP contribution is 2.17. The number of carbonyl (C=O) groups excluding carboxylic acids is 1. The van der Waals surface area contributed by atoms with Crippen LogP contribution in [0.25, 0.3) is 0 Å². The van der Waals surface area contributed by atoms with E-state index >= 15 is 0 Å². The first kappa shape index (κ1) is 15.5. The lowest BCUT2D eigenvalue weighted by atomic mass is 10.3. The topological polar surface area (TPSA) is 76.1 Å². The molecule has 1 aromatic heterocycles. The Kier molecular flexibility index (Phi) is 4.67. The van der Waals surface area contributed by atoms with Crippen LogP contribution in [-0.2, 0) is 0 Å². The molecule has 2 aromatic carbocycles. The largest absolute Gasteiger partial charge is 0.497 e. The van der Waals surface area contributed by atoms with Gasteiger partial charge in [-0.25, -0.2) is 9.97 Å². The van der Waals surface area contributed by atoms with Gasteiger partial charge in [0, 0.05) is 23.6 Å². The second-order valence-corrected chi connectivity index (χ2v) is 4.94. The van der Waals surface area contributed by atoms with Crippen molar-refractivity contribution in [1.29, 1.82) is 0 Å². The predicted octanol–water partition coefficient (Wildman–Crippen LogP) is 3.48. The van der Waals surface area contributed by atoms with Crippen molar-refractivity contribution in [3.63, 3.8) is 0 Å². The van der Waals surface area contributed by atoms with E-state index in [-0.39, 0.29) is 11.6 Å². The number of anilines is 3. The number of aromatic nitrogens is 2. The van der Waals surface area contributed by atoms with Gasteiger partial charge in [-0.15, -0.1) is 0 Å². The summed E-state index contributed by atoms with van der Waals surface area (Å²) >= 11 is 0. The summed E-state index contributed by atoms with van der Waals surface area (Å²) in [5.41, 5.74) is 1.75. The Balaban J connectivity index is 1.74. The van der Waals surface area contributed by atoms with E-state index in [4.69, 9.17) is 4.74 Å². The summed E-state index contributed by atoms with van der Waals surface area (Å²) in [5, 5.41) is 5.85. The molecule has 3 aromatic rings. The van der Waals surface area contributed by atoms with Crippen molar-refractivity contribution in [2.24, 2.45) is 0 Å². The van der Waals surface area contributed by atoms with E-state index in [0.717, 1.165) is 5.69 Å². The van der Waals surface area contributed by atoms with Crippen molar-refractivity contribution in [2.45, 2.75) is 0 Å². The SMILES string of the molecule is COc1cccc(NC(=O)c2ccnc(Nc3ccccc3)n2)c1. The zero-order valence-corrected chi connectivity index (χ0v) is 13.1. The van der Waals surface area contributed by atoms with E-state index in [2.05, 4.69) is 20.6 Å². The van der Waals surface area contributed by atoms with E-state index in [9.17, 15) is 4.79 Å². The summed E-state index contributed by atoms with van der Waals surface area (Å²) in [6.45, 7) is 0. The van der Waals surface area contributed by atoms with Crippen molar-refractivity contribution in [1.82, 2.24) is 9.97 Å². The fraction of sp³-hybridized carbons (Fsp3) is 0.0556. The Morgan fingerprint density at radius 1 is 1.00 bits per heavy atom. The molecule has 1 heterocycles. The lowest BCUT2D eigenvalue weighted by Gasteiger charge is -2.08. The normalized spacial score (nSPS) is 10.0. The summed E-state index contributed by atoms with van der Waals surface area (Å²) in [5.74, 6) is 0.711. The monoisotopic (exact) mass is 320 g/mol. The number of amides is 1. The Bertz CT molecular complexity index is 837. The molecule has 24 heavy (non-hydrogen) atoms. The lowest BCUT2D eigenvalue weighted by Crippen LogP contribution is -2.14. The highest BCUT2D eigenvalue weighted by molar-refractivity contribution is 6.03. The minimum Gasteiger partial charge on any atom is -0.497 e. The fourth-order valence-electron chi connectivity index (χ4n) is 2.09. The van der Waals surface area contributed by atoms with Gasteiger partial charge in [0.2, 0.25) is 5.95 Å². The van der Waals surface area contributed by atoms with Gasteiger partial charge in [0.25, 0.3) is 5.91 Å². The first-order valence-electron chi connectivity index (χ1n) is 7.35. The van der Waals surface area contributed by atoms with Gasteiger partial charge in [0.1, 0.15) is 11.4 Å². The van der Waals surface area contributed by atoms with Crippen LogP contribution in [0.5, 0.6) is 5.75 Å². The molecule has 0 atom stereocenters. The number of hydrogen-bond acceptors (Lipinski definition) is 5. The highest BCUT2D eigenvalue weighted by atomic mass is 16.5. The number of ether oxygens (including phenoxy) is 1. The molecule has 0 aliphatic heterocycles. The summed E-state index contributed by atoms with van der Waals surface area (Å²) in [4.78, 5) is 20.7. The molecule has 3 rings (SSSR count). The molecule has 0 aliphatic rings. The van der Waals surface area contributed by atoms with Crippen molar-refractivity contribution < 1.29 is 9.53 Å². The number of carbonyl (C=O) groups is 1. The molecule has 6 nitrogen and oxygen atoms in total. The molecule has 1 amide bonds. The molecule has 0 aliphatic carbocycles. The summed E-state index contributed by atoms with van der Waals surface area (Å²) in [6, 6.07) is 18.2. The molecular weight excluding hydrogens is 304 g/mol. The van der Waals surface area contributed by atoms with Crippen molar-refractivity contribution in [2.75, 3.05) is 17.7 Å². The lowest BCUT2D eigenvalue weighted by molar-refractivity contribution is 0.102. The molecule has 6 heteroatoms. The molecule has 0 bridgehead atoms. The van der Waals surface area contributed by atoms with Crippen LogP contribution < -0.4 is 15.4 Å². The van der Waals surface area contributed by atoms with Gasteiger partial charge < -0.3 is 15.4 Å². The number of nitrogens with one attached hydrogen (secondary N) is 2. The molecule has 0 saturated heterocycles. The third-order valence-electron chi connectivity index (χ3n) is 3.25. The van der Waals surface area contributed by atoms with Crippen LogP contribution in [0, 0.1) is 0 Å². The van der Waals surface area contributed by atoms with Crippen LogP contribution in [-0.4, -0.2) is 23.0 Å². The average molecular weight is 320 g/mol. The number of rotatable bonds is 5. The third-order valence-corrected chi connectivity index (χ3v) is 3.25. The Labute approximate surface area is 139 Å². The minimum absolute atomic E-state index is 0.270. The maximum absolute atomic E-state index is 12.3. The summed E-state index contributed by atoms with van der Waals surface area (Å²) in [6.07, 6.45) is 1.54. The Hall–Kier alpha value is -3.41. The van der Waals surface area contributed by atoms with Gasteiger partial charge in [-0.2, -0.15) is 0 Å². The van der Waals surface area contributed by atoms with Gasteiger partial charge in [-0.05, 0) is 30.3 Å². The maximum atomic E-state index is 12.3. The fourth-order valence-corrected chi connectivity index (χ4v) is 2.09. The van der Waals surface area contributed by atoms with Gasteiger partial charge in [-0.3, -0.25) is 4.79 Å². The zero-order valence-electron chi connectivity index (χ0n) is 13.1. The van der Waals surface area contributed by atoms with Gasteiger partial charge in [0.15, 0.2) is 0 Å². The van der Waals surface area contributed by atoms with Crippen LogP contribution in [0.4, 0.5) is 17.3 Å². The van der Waals surface area contributed by atoms with Gasteiger partial charge in [-0.1, -0.05) is 24.3 Å². The number of nitrogens with zero attached hydrogens (tertiary/aromatic N) is 2. The summed E-state index contributed by atoms with van der Waals surface area (Å²) in [7, 11) is 1.58. The van der Waals surface area contributed by atoms with Crippen LogP contribution in [0.2, 0.25) is 0 Å².